The normalized spacial score (nSPS) is 17.7. The molecule has 1 aromatic heterocycles. The van der Waals surface area contributed by atoms with E-state index in [-0.39, 0.29) is 17.9 Å². The van der Waals surface area contributed by atoms with E-state index >= 15 is 0 Å². The van der Waals surface area contributed by atoms with Gasteiger partial charge in [-0.3, -0.25) is 15.3 Å². The van der Waals surface area contributed by atoms with Crippen LogP contribution in [0.3, 0.4) is 0 Å². The second-order valence-electron chi connectivity index (χ2n) is 10.0. The minimum absolute atomic E-state index is 0.143. The van der Waals surface area contributed by atoms with E-state index in [9.17, 15) is 9.59 Å². The van der Waals surface area contributed by atoms with E-state index in [1.807, 2.05) is 36.3 Å². The van der Waals surface area contributed by atoms with Gasteiger partial charge in [0.2, 0.25) is 0 Å². The van der Waals surface area contributed by atoms with Crippen LogP contribution in [-0.2, 0) is 4.74 Å². The monoisotopic (exact) mass is 515 g/mol. The molecule has 3 aliphatic rings. The average Bonchev–Trinajstić information content (AvgIpc) is 3.37. The van der Waals surface area contributed by atoms with Gasteiger partial charge in [-0.05, 0) is 44.0 Å². The van der Waals surface area contributed by atoms with Crippen molar-refractivity contribution in [1.29, 1.82) is 0 Å². The van der Waals surface area contributed by atoms with Crippen LogP contribution < -0.4 is 21.0 Å². The summed E-state index contributed by atoms with van der Waals surface area (Å²) in [4.78, 5) is 28.9. The maximum atomic E-state index is 13.7. The van der Waals surface area contributed by atoms with Crippen molar-refractivity contribution in [2.24, 2.45) is 0 Å². The Bertz CT molecular complexity index is 1320. The molecule has 4 N–H and O–H groups in total. The largest absolute Gasteiger partial charge is 0.381 e. The molecule has 38 heavy (non-hydrogen) atoms. The maximum absolute atomic E-state index is 13.7. The summed E-state index contributed by atoms with van der Waals surface area (Å²) in [6.45, 7) is 5.38. The molecule has 0 saturated carbocycles. The summed E-state index contributed by atoms with van der Waals surface area (Å²) < 4.78 is 5.41. The zero-order valence-electron chi connectivity index (χ0n) is 21.5. The molecule has 10 heteroatoms. The van der Waals surface area contributed by atoms with E-state index in [0.717, 1.165) is 56.6 Å². The van der Waals surface area contributed by atoms with Crippen molar-refractivity contribution in [1.82, 2.24) is 25.9 Å². The molecule has 3 heterocycles. The van der Waals surface area contributed by atoms with Gasteiger partial charge in [0.15, 0.2) is 5.78 Å². The molecule has 0 spiro atoms. The third-order valence-corrected chi connectivity index (χ3v) is 7.66. The number of urea groups is 1. The third kappa shape index (κ3) is 4.66. The van der Waals surface area contributed by atoms with Gasteiger partial charge in [-0.25, -0.2) is 9.80 Å². The maximum Gasteiger partial charge on any atom is 0.333 e. The van der Waals surface area contributed by atoms with Gasteiger partial charge >= 0.3 is 6.03 Å². The third-order valence-electron chi connectivity index (χ3n) is 7.66. The number of aromatic nitrogens is 2. The zero-order chi connectivity index (χ0) is 26.1. The second kappa shape index (κ2) is 10.6. The fraction of sp³-hybridized carbons (Fsp3) is 0.393. The zero-order valence-corrected chi connectivity index (χ0v) is 21.5. The van der Waals surface area contributed by atoms with Gasteiger partial charge in [-0.1, -0.05) is 24.3 Å². The fourth-order valence-electron chi connectivity index (χ4n) is 5.61. The quantitative estimate of drug-likeness (QED) is 0.302. The average molecular weight is 516 g/mol. The lowest BCUT2D eigenvalue weighted by Crippen LogP contribution is -2.49. The highest BCUT2D eigenvalue weighted by molar-refractivity contribution is 6.26. The summed E-state index contributed by atoms with van der Waals surface area (Å²) in [6.07, 6.45) is 2.83. The van der Waals surface area contributed by atoms with Crippen molar-refractivity contribution in [2.75, 3.05) is 56.7 Å². The van der Waals surface area contributed by atoms with Crippen LogP contribution in [0.2, 0.25) is 0 Å². The van der Waals surface area contributed by atoms with Gasteiger partial charge in [0, 0.05) is 62.8 Å². The molecular weight excluding hydrogens is 482 g/mol. The SMILES string of the molecule is CN(NC(=O)Nc1cccc2c1C(=O)c1c(-c3ccc(N4CCCNCC4)cc3)n[nH]c1-2)C1CCOCC1. The van der Waals surface area contributed by atoms with Gasteiger partial charge in [-0.2, -0.15) is 5.10 Å². The van der Waals surface area contributed by atoms with Crippen LogP contribution in [0.15, 0.2) is 42.5 Å². The highest BCUT2D eigenvalue weighted by Gasteiger charge is 2.35. The Labute approximate surface area is 221 Å². The topological polar surface area (TPSA) is 115 Å². The van der Waals surface area contributed by atoms with Crippen molar-refractivity contribution in [3.63, 3.8) is 0 Å². The first kappa shape index (κ1) is 24.6. The molecule has 2 aliphatic heterocycles. The van der Waals surface area contributed by atoms with Crippen molar-refractivity contribution < 1.29 is 14.3 Å². The van der Waals surface area contributed by atoms with E-state index in [1.54, 1.807) is 6.07 Å². The number of nitrogens with zero attached hydrogens (tertiary/aromatic N) is 3. The number of anilines is 2. The first-order valence-electron chi connectivity index (χ1n) is 13.3. The van der Waals surface area contributed by atoms with Gasteiger partial charge in [0.25, 0.3) is 0 Å². The summed E-state index contributed by atoms with van der Waals surface area (Å²) in [5, 5.41) is 15.7. The van der Waals surface area contributed by atoms with E-state index < -0.39 is 0 Å². The molecule has 198 valence electrons. The lowest BCUT2D eigenvalue weighted by Gasteiger charge is -2.31. The Balaban J connectivity index is 1.21. The Morgan fingerprint density at radius 1 is 1.08 bits per heavy atom. The van der Waals surface area contributed by atoms with Crippen LogP contribution in [0.4, 0.5) is 16.2 Å². The molecule has 2 amide bonds. The van der Waals surface area contributed by atoms with Crippen LogP contribution >= 0.6 is 0 Å². The van der Waals surface area contributed by atoms with Crippen molar-refractivity contribution >= 4 is 23.2 Å². The minimum Gasteiger partial charge on any atom is -0.381 e. The molecule has 6 rings (SSSR count). The summed E-state index contributed by atoms with van der Waals surface area (Å²) >= 11 is 0. The summed E-state index contributed by atoms with van der Waals surface area (Å²) in [5.41, 5.74) is 8.49. The summed E-state index contributed by atoms with van der Waals surface area (Å²) in [7, 11) is 1.86. The smallest absolute Gasteiger partial charge is 0.333 e. The first-order chi connectivity index (χ1) is 18.6. The number of benzene rings is 2. The number of nitrogens with one attached hydrogen (secondary N) is 4. The molecule has 2 saturated heterocycles. The lowest BCUT2D eigenvalue weighted by molar-refractivity contribution is 0.0312. The number of ether oxygens (including phenoxy) is 1. The highest BCUT2D eigenvalue weighted by Crippen LogP contribution is 2.43. The predicted molar refractivity (Wildman–Crippen MR) is 146 cm³/mol. The molecule has 10 nitrogen and oxygen atoms in total. The molecule has 0 radical (unpaired) electrons. The number of carbonyl (C=O) groups excluding carboxylic acids is 2. The number of hydrazine groups is 1. The number of rotatable bonds is 5. The van der Waals surface area contributed by atoms with E-state index in [1.165, 1.54) is 5.69 Å². The minimum atomic E-state index is -0.381. The number of ketones is 1. The number of hydrogen-bond acceptors (Lipinski definition) is 7. The molecular formula is C28H33N7O3. The van der Waals surface area contributed by atoms with Crippen LogP contribution in [0, 0.1) is 0 Å². The lowest BCUT2D eigenvalue weighted by atomic mass is 10.0. The first-order valence-corrected chi connectivity index (χ1v) is 13.3. The number of hydrogen-bond donors (Lipinski definition) is 4. The van der Waals surface area contributed by atoms with Crippen molar-refractivity contribution in [3.05, 3.63) is 53.6 Å². The van der Waals surface area contributed by atoms with E-state index in [2.05, 4.69) is 43.3 Å². The van der Waals surface area contributed by atoms with Gasteiger partial charge < -0.3 is 20.3 Å². The molecule has 1 aliphatic carbocycles. The Morgan fingerprint density at radius 3 is 2.71 bits per heavy atom. The number of carbonyl (C=O) groups is 2. The second-order valence-corrected chi connectivity index (χ2v) is 10.0. The van der Waals surface area contributed by atoms with Crippen molar-refractivity contribution in [2.45, 2.75) is 25.3 Å². The Morgan fingerprint density at radius 2 is 1.89 bits per heavy atom. The van der Waals surface area contributed by atoms with Gasteiger partial charge in [0.05, 0.1) is 22.5 Å². The van der Waals surface area contributed by atoms with Crippen LogP contribution in [0.5, 0.6) is 0 Å². The fourth-order valence-corrected chi connectivity index (χ4v) is 5.61. The number of fused-ring (bicyclic) bond motifs is 3. The van der Waals surface area contributed by atoms with E-state index in [4.69, 9.17) is 4.74 Å². The molecule has 3 aromatic rings. The molecule has 0 atom stereocenters. The molecule has 2 aromatic carbocycles. The number of H-pyrrole nitrogens is 1. The van der Waals surface area contributed by atoms with Gasteiger partial charge in [-0.15, -0.1) is 0 Å². The number of amides is 2. The molecule has 0 bridgehead atoms. The molecule has 0 unspecified atom stereocenters. The standard InChI is InChI=1S/C28H33N7O3/c1-34(19-10-16-38-17-11-19)33-28(37)30-22-5-2-4-21-23(22)27(36)24-25(31-32-26(21)24)18-6-8-20(9-7-18)35-14-3-12-29-13-15-35/h2,4-9,19,29H,3,10-17H2,1H3,(H,31,32)(H2,30,33,37). The molecule has 2 fully saturated rings. The number of aromatic amines is 1. The van der Waals surface area contributed by atoms with Crippen molar-refractivity contribution in [3.8, 4) is 22.5 Å². The Kier molecular flexibility index (Phi) is 6.84. The predicted octanol–water partition coefficient (Wildman–Crippen LogP) is 3.24. The van der Waals surface area contributed by atoms with Crippen LogP contribution in [0.1, 0.15) is 35.2 Å². The van der Waals surface area contributed by atoms with Gasteiger partial charge in [0.1, 0.15) is 5.69 Å². The van der Waals surface area contributed by atoms with Crippen LogP contribution in [0.25, 0.3) is 22.5 Å². The highest BCUT2D eigenvalue weighted by atomic mass is 16.5. The van der Waals surface area contributed by atoms with Crippen LogP contribution in [-0.4, -0.2) is 79.5 Å². The Hall–Kier alpha value is -3.73. The summed E-state index contributed by atoms with van der Waals surface area (Å²) in [6, 6.07) is 13.6. The van der Waals surface area contributed by atoms with E-state index in [0.29, 0.717) is 41.4 Å². The summed E-state index contributed by atoms with van der Waals surface area (Å²) in [5.74, 6) is -0.143.